The van der Waals surface area contributed by atoms with Gasteiger partial charge in [0.15, 0.2) is 0 Å². The third-order valence-electron chi connectivity index (χ3n) is 3.92. The van der Waals surface area contributed by atoms with E-state index in [1.807, 2.05) is 19.1 Å². The van der Waals surface area contributed by atoms with E-state index < -0.39 is 5.54 Å². The van der Waals surface area contributed by atoms with Crippen LogP contribution in [0, 0.1) is 18.8 Å². The molecular formula is C12H15N3O. The Bertz CT molecular complexity index is 447. The van der Waals surface area contributed by atoms with Gasteiger partial charge >= 0.3 is 0 Å². The van der Waals surface area contributed by atoms with Crippen LogP contribution in [0.2, 0.25) is 0 Å². The van der Waals surface area contributed by atoms with Gasteiger partial charge in [-0.2, -0.15) is 0 Å². The van der Waals surface area contributed by atoms with E-state index in [1.54, 1.807) is 6.07 Å². The lowest BCUT2D eigenvalue weighted by Crippen LogP contribution is -2.40. The molecule has 4 heteroatoms. The molecule has 0 spiro atoms. The molecule has 3 rings (SSSR count). The summed E-state index contributed by atoms with van der Waals surface area (Å²) in [4.78, 5) is 16.2. The van der Waals surface area contributed by atoms with Crippen molar-refractivity contribution >= 4 is 11.7 Å². The maximum Gasteiger partial charge on any atom is 0.246 e. The number of aryl methyl sites for hydroxylation is 1. The van der Waals surface area contributed by atoms with E-state index in [9.17, 15) is 4.79 Å². The van der Waals surface area contributed by atoms with Crippen LogP contribution in [0.5, 0.6) is 0 Å². The number of pyridine rings is 1. The second kappa shape index (κ2) is 3.04. The molecule has 3 atom stereocenters. The van der Waals surface area contributed by atoms with Crippen LogP contribution in [0.15, 0.2) is 18.2 Å². The lowest BCUT2D eigenvalue weighted by Gasteiger charge is -2.10. The van der Waals surface area contributed by atoms with Crippen LogP contribution in [0.4, 0.5) is 5.82 Å². The first-order valence-corrected chi connectivity index (χ1v) is 5.66. The molecule has 1 heterocycles. The molecule has 1 aromatic rings. The molecule has 0 bridgehead atoms. The maximum atomic E-state index is 12.0. The number of nitrogens with two attached hydrogens (primary N) is 1. The number of hydrogen-bond donors (Lipinski definition) is 2. The summed E-state index contributed by atoms with van der Waals surface area (Å²) < 4.78 is 0. The van der Waals surface area contributed by atoms with Gasteiger partial charge < -0.3 is 11.1 Å². The number of nitrogens with zero attached hydrogens (tertiary/aromatic N) is 1. The normalized spacial score (nSPS) is 34.9. The predicted octanol–water partition coefficient (Wildman–Crippen LogP) is 1.07. The molecule has 16 heavy (non-hydrogen) atoms. The van der Waals surface area contributed by atoms with Crippen molar-refractivity contribution in [2.45, 2.75) is 25.3 Å². The summed E-state index contributed by atoms with van der Waals surface area (Å²) in [5, 5.41) is 2.81. The fraction of sp³-hybridized carbons (Fsp3) is 0.500. The Labute approximate surface area is 94.2 Å². The summed E-state index contributed by atoms with van der Waals surface area (Å²) in [6, 6.07) is 5.57. The minimum absolute atomic E-state index is 0.0712. The Morgan fingerprint density at radius 2 is 2.19 bits per heavy atom. The maximum absolute atomic E-state index is 12.0. The molecule has 0 aromatic carbocycles. The van der Waals surface area contributed by atoms with E-state index in [2.05, 4.69) is 10.3 Å². The molecule has 3 N–H and O–H groups in total. The van der Waals surface area contributed by atoms with Crippen LogP contribution < -0.4 is 11.1 Å². The SMILES string of the molecule is Cc1cccc(NC(=O)C2(N)[C@@H]3CC[C@@H]32)n1. The third-order valence-corrected chi connectivity index (χ3v) is 3.92. The van der Waals surface area contributed by atoms with Gasteiger partial charge in [-0.25, -0.2) is 4.98 Å². The highest BCUT2D eigenvalue weighted by molar-refractivity contribution is 6.01. The summed E-state index contributed by atoms with van der Waals surface area (Å²) in [6.45, 7) is 1.90. The van der Waals surface area contributed by atoms with E-state index >= 15 is 0 Å². The van der Waals surface area contributed by atoms with Crippen molar-refractivity contribution in [2.75, 3.05) is 5.32 Å². The van der Waals surface area contributed by atoms with Crippen molar-refractivity contribution in [1.82, 2.24) is 4.98 Å². The lowest BCUT2D eigenvalue weighted by atomic mass is 10.0. The monoisotopic (exact) mass is 217 g/mol. The van der Waals surface area contributed by atoms with Crippen molar-refractivity contribution in [3.63, 3.8) is 0 Å². The van der Waals surface area contributed by atoms with Gasteiger partial charge in [0.2, 0.25) is 5.91 Å². The van der Waals surface area contributed by atoms with Crippen LogP contribution in [0.3, 0.4) is 0 Å². The molecule has 2 aliphatic rings. The number of carbonyl (C=O) groups is 1. The van der Waals surface area contributed by atoms with Gasteiger partial charge in [-0.05, 0) is 43.7 Å². The smallest absolute Gasteiger partial charge is 0.246 e. The van der Waals surface area contributed by atoms with Gasteiger partial charge in [-0.15, -0.1) is 0 Å². The van der Waals surface area contributed by atoms with Crippen molar-refractivity contribution in [2.24, 2.45) is 17.6 Å². The molecule has 2 saturated carbocycles. The van der Waals surface area contributed by atoms with E-state index in [1.165, 1.54) is 0 Å². The third kappa shape index (κ3) is 1.19. The summed E-state index contributed by atoms with van der Waals surface area (Å²) in [7, 11) is 0. The van der Waals surface area contributed by atoms with Crippen LogP contribution in [-0.2, 0) is 4.79 Å². The quantitative estimate of drug-likeness (QED) is 0.778. The van der Waals surface area contributed by atoms with Crippen molar-refractivity contribution in [3.8, 4) is 0 Å². The van der Waals surface area contributed by atoms with Crippen molar-refractivity contribution in [3.05, 3.63) is 23.9 Å². The minimum atomic E-state index is -0.606. The van der Waals surface area contributed by atoms with Crippen LogP contribution in [0.1, 0.15) is 18.5 Å². The van der Waals surface area contributed by atoms with Crippen LogP contribution in [0.25, 0.3) is 0 Å². The zero-order valence-corrected chi connectivity index (χ0v) is 9.23. The number of anilines is 1. The molecule has 84 valence electrons. The Morgan fingerprint density at radius 1 is 1.50 bits per heavy atom. The fourth-order valence-corrected chi connectivity index (χ4v) is 2.71. The molecule has 0 saturated heterocycles. The highest BCUT2D eigenvalue weighted by Crippen LogP contribution is 2.62. The molecule has 0 aliphatic heterocycles. The zero-order valence-electron chi connectivity index (χ0n) is 9.23. The first-order valence-electron chi connectivity index (χ1n) is 5.66. The van der Waals surface area contributed by atoms with Crippen molar-refractivity contribution < 1.29 is 4.79 Å². The highest BCUT2D eigenvalue weighted by Gasteiger charge is 2.71. The van der Waals surface area contributed by atoms with Gasteiger partial charge in [0, 0.05) is 5.69 Å². The number of rotatable bonds is 2. The van der Waals surface area contributed by atoms with Gasteiger partial charge in [-0.3, -0.25) is 4.79 Å². The van der Waals surface area contributed by atoms with Gasteiger partial charge in [-0.1, -0.05) is 6.07 Å². The van der Waals surface area contributed by atoms with Gasteiger partial charge in [0.25, 0.3) is 0 Å². The molecule has 2 aliphatic carbocycles. The Hall–Kier alpha value is -1.42. The number of amides is 1. The largest absolute Gasteiger partial charge is 0.317 e. The van der Waals surface area contributed by atoms with E-state index in [4.69, 9.17) is 5.73 Å². The van der Waals surface area contributed by atoms with E-state index in [0.29, 0.717) is 17.7 Å². The molecule has 1 unspecified atom stereocenters. The van der Waals surface area contributed by atoms with Crippen LogP contribution in [-0.4, -0.2) is 16.4 Å². The van der Waals surface area contributed by atoms with Crippen LogP contribution >= 0.6 is 0 Å². The topological polar surface area (TPSA) is 68.0 Å². The fourth-order valence-electron chi connectivity index (χ4n) is 2.71. The second-order valence-electron chi connectivity index (χ2n) is 4.84. The van der Waals surface area contributed by atoms with Gasteiger partial charge in [0.05, 0.1) is 0 Å². The predicted molar refractivity (Wildman–Crippen MR) is 60.7 cm³/mol. The highest BCUT2D eigenvalue weighted by atomic mass is 16.2. The lowest BCUT2D eigenvalue weighted by molar-refractivity contribution is -0.118. The van der Waals surface area contributed by atoms with E-state index in [-0.39, 0.29) is 5.91 Å². The summed E-state index contributed by atoms with van der Waals surface area (Å²) in [5.74, 6) is 1.36. The minimum Gasteiger partial charge on any atom is -0.317 e. The molecule has 1 amide bonds. The molecule has 4 nitrogen and oxygen atoms in total. The second-order valence-corrected chi connectivity index (χ2v) is 4.84. The average molecular weight is 217 g/mol. The summed E-state index contributed by atoms with van der Waals surface area (Å²) in [5.41, 5.74) is 6.37. The number of hydrogen-bond acceptors (Lipinski definition) is 3. The standard InChI is InChI=1S/C12H15N3O/c1-7-3-2-4-10(14-7)15-11(16)12(13)8-5-6-9(8)12/h2-4,8-9H,5-6,13H2,1H3,(H,14,15,16)/t8-,9+,12?. The Balaban J connectivity index is 1.74. The number of nitrogens with one attached hydrogen (secondary N) is 1. The first kappa shape index (κ1) is 9.78. The first-order chi connectivity index (χ1) is 7.62. The van der Waals surface area contributed by atoms with Gasteiger partial charge in [0.1, 0.15) is 11.4 Å². The Kier molecular flexibility index (Phi) is 1.86. The number of carbonyl (C=O) groups excluding carboxylic acids is 1. The number of fused-ring (bicyclic) bond motifs is 1. The number of aromatic nitrogens is 1. The summed E-state index contributed by atoms with van der Waals surface area (Å²) in [6.07, 6.45) is 2.19. The Morgan fingerprint density at radius 3 is 2.75 bits per heavy atom. The van der Waals surface area contributed by atoms with Crippen molar-refractivity contribution in [1.29, 1.82) is 0 Å². The molecule has 1 aromatic heterocycles. The molecule has 2 fully saturated rings. The average Bonchev–Trinajstić information content (AvgIpc) is 2.58. The van der Waals surface area contributed by atoms with E-state index in [0.717, 1.165) is 18.5 Å². The molecular weight excluding hydrogens is 202 g/mol. The summed E-state index contributed by atoms with van der Waals surface area (Å²) >= 11 is 0. The zero-order chi connectivity index (χ0) is 11.3. The molecule has 0 radical (unpaired) electrons.